The van der Waals surface area contributed by atoms with E-state index in [0.717, 1.165) is 18.4 Å². The van der Waals surface area contributed by atoms with Crippen LogP contribution < -0.4 is 5.32 Å². The van der Waals surface area contributed by atoms with E-state index in [1.54, 1.807) is 0 Å². The predicted molar refractivity (Wildman–Crippen MR) is 82.4 cm³/mol. The molecule has 10 heteroatoms. The lowest BCUT2D eigenvalue weighted by molar-refractivity contribution is -0.138. The summed E-state index contributed by atoms with van der Waals surface area (Å²) in [7, 11) is -3.43. The number of amides is 1. The highest BCUT2D eigenvalue weighted by Gasteiger charge is 2.34. The van der Waals surface area contributed by atoms with Crippen LogP contribution in [0.3, 0.4) is 0 Å². The quantitative estimate of drug-likeness (QED) is 0.812. The molecule has 1 aliphatic rings. The van der Waals surface area contributed by atoms with E-state index in [9.17, 15) is 30.8 Å². The van der Waals surface area contributed by atoms with Gasteiger partial charge in [-0.3, -0.25) is 4.79 Å². The van der Waals surface area contributed by atoms with Crippen LogP contribution in [0.5, 0.6) is 0 Å². The van der Waals surface area contributed by atoms with Crippen molar-refractivity contribution >= 4 is 15.9 Å². The van der Waals surface area contributed by atoms with E-state index in [2.05, 4.69) is 5.32 Å². The molecule has 1 aromatic rings. The second-order valence-corrected chi connectivity index (χ2v) is 7.96. The molecule has 25 heavy (non-hydrogen) atoms. The molecule has 0 unspecified atom stereocenters. The highest BCUT2D eigenvalue weighted by Crippen LogP contribution is 2.32. The fraction of sp³-hybridized carbons (Fsp3) is 0.533. The summed E-state index contributed by atoms with van der Waals surface area (Å²) in [4.78, 5) is 12.2. The number of piperidine rings is 1. The molecule has 1 saturated heterocycles. The Morgan fingerprint density at radius 2 is 2.04 bits per heavy atom. The predicted octanol–water partition coefficient (Wildman–Crippen LogP) is 2.13. The Morgan fingerprint density at radius 3 is 2.64 bits per heavy atom. The lowest BCUT2D eigenvalue weighted by Gasteiger charge is -2.30. The van der Waals surface area contributed by atoms with E-state index in [1.807, 2.05) is 0 Å². The molecule has 0 aromatic heterocycles. The van der Waals surface area contributed by atoms with E-state index < -0.39 is 46.0 Å². The molecule has 0 aliphatic carbocycles. The lowest BCUT2D eigenvalue weighted by Crippen LogP contribution is -2.45. The normalized spacial score (nSPS) is 19.6. The lowest BCUT2D eigenvalue weighted by atomic mass is 9.98. The molecule has 1 aliphatic heterocycles. The van der Waals surface area contributed by atoms with Crippen LogP contribution in [0.4, 0.5) is 17.6 Å². The van der Waals surface area contributed by atoms with Crippen LogP contribution in [0.2, 0.25) is 0 Å². The molecule has 1 atom stereocenters. The van der Waals surface area contributed by atoms with Crippen molar-refractivity contribution in [1.82, 2.24) is 9.62 Å². The van der Waals surface area contributed by atoms with Crippen LogP contribution in [0.25, 0.3) is 0 Å². The Morgan fingerprint density at radius 1 is 1.36 bits per heavy atom. The molecular formula is C15H18F4N2O3S. The van der Waals surface area contributed by atoms with Gasteiger partial charge in [0, 0.05) is 19.6 Å². The van der Waals surface area contributed by atoms with Crippen molar-refractivity contribution in [3.63, 3.8) is 0 Å². The monoisotopic (exact) mass is 382 g/mol. The number of alkyl halides is 3. The fourth-order valence-corrected chi connectivity index (χ4v) is 3.66. The van der Waals surface area contributed by atoms with Crippen LogP contribution in [0.15, 0.2) is 18.2 Å². The molecular weight excluding hydrogens is 364 g/mol. The van der Waals surface area contributed by atoms with Crippen molar-refractivity contribution < 1.29 is 30.8 Å². The third-order valence-corrected chi connectivity index (χ3v) is 5.32. The number of hydrogen-bond acceptors (Lipinski definition) is 3. The molecule has 0 bridgehead atoms. The van der Waals surface area contributed by atoms with Gasteiger partial charge in [-0.15, -0.1) is 0 Å². The Hall–Kier alpha value is -1.68. The zero-order chi connectivity index (χ0) is 18.8. The van der Waals surface area contributed by atoms with Crippen molar-refractivity contribution in [2.45, 2.75) is 25.6 Å². The van der Waals surface area contributed by atoms with Crippen molar-refractivity contribution in [3.8, 4) is 0 Å². The van der Waals surface area contributed by atoms with Crippen molar-refractivity contribution in [2.75, 3.05) is 19.3 Å². The number of rotatable bonds is 4. The molecule has 1 N–H and O–H groups in total. The summed E-state index contributed by atoms with van der Waals surface area (Å²) in [5.41, 5.74) is -1.40. The summed E-state index contributed by atoms with van der Waals surface area (Å²) in [6.45, 7) is -0.0949. The van der Waals surface area contributed by atoms with E-state index in [-0.39, 0.29) is 12.1 Å². The minimum absolute atomic E-state index is 0.000211. The SMILES string of the molecule is CS(=O)(=O)N1CCC[C@H](C(=O)NCc2ccc(F)cc2C(F)(F)F)C1. The topological polar surface area (TPSA) is 66.5 Å². The van der Waals surface area contributed by atoms with Gasteiger partial charge in [0.2, 0.25) is 15.9 Å². The fourth-order valence-electron chi connectivity index (χ4n) is 2.75. The first-order valence-electron chi connectivity index (χ1n) is 7.57. The first-order chi connectivity index (χ1) is 11.5. The van der Waals surface area contributed by atoms with Crippen LogP contribution in [-0.4, -0.2) is 38.0 Å². The summed E-state index contributed by atoms with van der Waals surface area (Å²) in [6, 6.07) is 2.25. The zero-order valence-electron chi connectivity index (χ0n) is 13.4. The molecule has 5 nitrogen and oxygen atoms in total. The van der Waals surface area contributed by atoms with Crippen LogP contribution in [0.1, 0.15) is 24.0 Å². The number of sulfonamides is 1. The summed E-state index contributed by atoms with van der Waals surface area (Å²) < 4.78 is 76.2. The number of benzene rings is 1. The summed E-state index contributed by atoms with van der Waals surface area (Å²) in [6.07, 6.45) is -2.75. The molecule has 1 aromatic carbocycles. The second kappa shape index (κ2) is 7.28. The standard InChI is InChI=1S/C15H18F4N2O3S/c1-25(23,24)21-6-2-3-11(9-21)14(22)20-8-10-4-5-12(16)7-13(10)15(17,18)19/h4-5,7,11H,2-3,6,8-9H2,1H3,(H,20,22)/t11-/m0/s1. The van der Waals surface area contributed by atoms with Gasteiger partial charge < -0.3 is 5.32 Å². The minimum Gasteiger partial charge on any atom is -0.352 e. The maximum Gasteiger partial charge on any atom is 0.416 e. The van der Waals surface area contributed by atoms with Gasteiger partial charge in [-0.05, 0) is 30.5 Å². The van der Waals surface area contributed by atoms with Gasteiger partial charge in [-0.25, -0.2) is 17.1 Å². The van der Waals surface area contributed by atoms with Crippen molar-refractivity contribution in [2.24, 2.45) is 5.92 Å². The number of nitrogens with zero attached hydrogens (tertiary/aromatic N) is 1. The van der Waals surface area contributed by atoms with E-state index in [4.69, 9.17) is 0 Å². The average molecular weight is 382 g/mol. The molecule has 2 rings (SSSR count). The maximum atomic E-state index is 13.1. The van der Waals surface area contributed by atoms with E-state index >= 15 is 0 Å². The van der Waals surface area contributed by atoms with Gasteiger partial charge in [-0.2, -0.15) is 13.2 Å². The summed E-state index contributed by atoms with van der Waals surface area (Å²) in [5, 5.41) is 2.39. The molecule has 0 spiro atoms. The summed E-state index contributed by atoms with van der Waals surface area (Å²) >= 11 is 0. The Labute approximate surface area is 143 Å². The number of carbonyl (C=O) groups excluding carboxylic acids is 1. The van der Waals surface area contributed by atoms with Gasteiger partial charge in [0.25, 0.3) is 0 Å². The maximum absolute atomic E-state index is 13.1. The van der Waals surface area contributed by atoms with E-state index in [0.29, 0.717) is 25.5 Å². The minimum atomic E-state index is -4.74. The van der Waals surface area contributed by atoms with Gasteiger partial charge in [0.15, 0.2) is 0 Å². The van der Waals surface area contributed by atoms with Gasteiger partial charge in [0.05, 0.1) is 17.7 Å². The third kappa shape index (κ3) is 5.15. The molecule has 1 amide bonds. The van der Waals surface area contributed by atoms with Crippen molar-refractivity contribution in [3.05, 3.63) is 35.1 Å². The third-order valence-electron chi connectivity index (χ3n) is 4.05. The van der Waals surface area contributed by atoms with Crippen LogP contribution in [0, 0.1) is 11.7 Å². The molecule has 0 radical (unpaired) electrons. The largest absolute Gasteiger partial charge is 0.416 e. The van der Waals surface area contributed by atoms with Crippen LogP contribution >= 0.6 is 0 Å². The van der Waals surface area contributed by atoms with E-state index in [1.165, 1.54) is 4.31 Å². The summed E-state index contributed by atoms with van der Waals surface area (Å²) in [5.74, 6) is -2.16. The first-order valence-corrected chi connectivity index (χ1v) is 9.42. The molecule has 140 valence electrons. The van der Waals surface area contributed by atoms with Gasteiger partial charge >= 0.3 is 6.18 Å². The van der Waals surface area contributed by atoms with Gasteiger partial charge in [-0.1, -0.05) is 6.07 Å². The smallest absolute Gasteiger partial charge is 0.352 e. The molecule has 0 saturated carbocycles. The number of hydrogen-bond donors (Lipinski definition) is 1. The molecule has 1 fully saturated rings. The highest BCUT2D eigenvalue weighted by molar-refractivity contribution is 7.88. The number of carbonyl (C=O) groups is 1. The van der Waals surface area contributed by atoms with Crippen molar-refractivity contribution in [1.29, 1.82) is 0 Å². The number of halogens is 4. The number of nitrogens with one attached hydrogen (secondary N) is 1. The van der Waals surface area contributed by atoms with Crippen LogP contribution in [-0.2, 0) is 27.5 Å². The first kappa shape index (κ1) is 19.6. The highest BCUT2D eigenvalue weighted by atomic mass is 32.2. The Bertz CT molecular complexity index is 750. The average Bonchev–Trinajstić information content (AvgIpc) is 2.52. The molecule has 1 heterocycles. The Balaban J connectivity index is 2.05. The Kier molecular flexibility index (Phi) is 5.72. The zero-order valence-corrected chi connectivity index (χ0v) is 14.3. The van der Waals surface area contributed by atoms with Gasteiger partial charge in [0.1, 0.15) is 5.82 Å². The second-order valence-electron chi connectivity index (χ2n) is 5.98.